The van der Waals surface area contributed by atoms with Crippen LogP contribution in [0.3, 0.4) is 0 Å². The first kappa shape index (κ1) is 20.0. The van der Waals surface area contributed by atoms with E-state index in [-0.39, 0.29) is 17.6 Å². The van der Waals surface area contributed by atoms with E-state index >= 15 is 0 Å². The maximum atomic E-state index is 12.9. The van der Waals surface area contributed by atoms with Crippen LogP contribution >= 0.6 is 0 Å². The number of carbonyl (C=O) groups excluding carboxylic acids is 1. The Morgan fingerprint density at radius 2 is 1.83 bits per heavy atom. The molecule has 4 nitrogen and oxygen atoms in total. The molecule has 0 spiro atoms. The van der Waals surface area contributed by atoms with Crippen LogP contribution in [0.25, 0.3) is 0 Å². The summed E-state index contributed by atoms with van der Waals surface area (Å²) in [6.45, 7) is 9.55. The predicted molar refractivity (Wildman–Crippen MR) is 116 cm³/mol. The molecule has 2 aliphatic heterocycles. The highest BCUT2D eigenvalue weighted by atomic mass is 16.5. The molecular weight excluding hydrogens is 360 g/mol. The van der Waals surface area contributed by atoms with Crippen LogP contribution in [0, 0.1) is 6.92 Å². The molecule has 1 atom stereocenters. The molecule has 1 unspecified atom stereocenters. The number of carbonyl (C=O) groups is 1. The van der Waals surface area contributed by atoms with Crippen LogP contribution in [0.1, 0.15) is 72.6 Å². The lowest BCUT2D eigenvalue weighted by molar-refractivity contribution is 0.0619. The van der Waals surface area contributed by atoms with Crippen molar-refractivity contribution in [3.05, 3.63) is 64.7 Å². The lowest BCUT2D eigenvalue weighted by Crippen LogP contribution is -2.41. The van der Waals surface area contributed by atoms with Crippen LogP contribution in [0.15, 0.2) is 42.5 Å². The van der Waals surface area contributed by atoms with Gasteiger partial charge in [0.05, 0.1) is 6.04 Å². The van der Waals surface area contributed by atoms with Gasteiger partial charge in [-0.1, -0.05) is 30.7 Å². The quantitative estimate of drug-likeness (QED) is 0.795. The van der Waals surface area contributed by atoms with Crippen LogP contribution in [0.2, 0.25) is 0 Å². The average molecular weight is 393 g/mol. The normalized spacial score (nSPS) is 21.1. The monoisotopic (exact) mass is 392 g/mol. The Bertz CT molecular complexity index is 867. The molecule has 2 aromatic rings. The Morgan fingerprint density at radius 1 is 1.10 bits per heavy atom. The van der Waals surface area contributed by atoms with Crippen molar-refractivity contribution in [2.24, 2.45) is 0 Å². The number of nitrogens with one attached hydrogen (secondary N) is 1. The van der Waals surface area contributed by atoms with Gasteiger partial charge in [0, 0.05) is 24.1 Å². The SMILES string of the molecule is Cc1ccc2c(c1)OC(C)(C)CC2NC(=O)c1ccc(CN2CCCCC2)cc1. The Balaban J connectivity index is 1.45. The number of hydrogen-bond donors (Lipinski definition) is 1. The van der Waals surface area contributed by atoms with Crippen molar-refractivity contribution in [3.63, 3.8) is 0 Å². The Kier molecular flexibility index (Phi) is 5.64. The highest BCUT2D eigenvalue weighted by molar-refractivity contribution is 5.94. The molecule has 0 aromatic heterocycles. The van der Waals surface area contributed by atoms with Crippen molar-refractivity contribution in [1.29, 1.82) is 0 Å². The van der Waals surface area contributed by atoms with Gasteiger partial charge in [0.1, 0.15) is 11.4 Å². The van der Waals surface area contributed by atoms with E-state index in [0.29, 0.717) is 5.56 Å². The lowest BCUT2D eigenvalue weighted by Gasteiger charge is -2.38. The first-order valence-corrected chi connectivity index (χ1v) is 10.8. The number of aryl methyl sites for hydroxylation is 1. The predicted octanol–water partition coefficient (Wildman–Crippen LogP) is 5.01. The summed E-state index contributed by atoms with van der Waals surface area (Å²) >= 11 is 0. The first-order valence-electron chi connectivity index (χ1n) is 10.8. The summed E-state index contributed by atoms with van der Waals surface area (Å²) in [4.78, 5) is 15.4. The Morgan fingerprint density at radius 3 is 2.55 bits per heavy atom. The van der Waals surface area contributed by atoms with E-state index in [9.17, 15) is 4.79 Å². The lowest BCUT2D eigenvalue weighted by atomic mass is 9.89. The second kappa shape index (κ2) is 8.19. The fraction of sp³-hybridized carbons (Fsp3) is 0.480. The molecule has 1 N–H and O–H groups in total. The number of ether oxygens (including phenoxy) is 1. The highest BCUT2D eigenvalue weighted by Crippen LogP contribution is 2.40. The molecule has 0 aliphatic carbocycles. The zero-order valence-corrected chi connectivity index (χ0v) is 17.8. The summed E-state index contributed by atoms with van der Waals surface area (Å²) in [5.74, 6) is 0.854. The standard InChI is InChI=1S/C25H32N2O2/c1-18-7-12-21-22(16-25(2,3)29-23(21)15-18)26-24(28)20-10-8-19(9-11-20)17-27-13-5-4-6-14-27/h7-12,15,22H,4-6,13-14,16-17H2,1-3H3,(H,26,28). The second-order valence-corrected chi connectivity index (χ2v) is 9.17. The van der Waals surface area contributed by atoms with Crippen molar-refractivity contribution in [2.75, 3.05) is 13.1 Å². The number of benzene rings is 2. The van der Waals surface area contributed by atoms with Crippen LogP contribution in [0.5, 0.6) is 5.75 Å². The van der Waals surface area contributed by atoms with E-state index in [2.05, 4.69) is 61.3 Å². The molecule has 29 heavy (non-hydrogen) atoms. The maximum Gasteiger partial charge on any atom is 0.251 e. The summed E-state index contributed by atoms with van der Waals surface area (Å²) in [6.07, 6.45) is 4.69. The second-order valence-electron chi connectivity index (χ2n) is 9.17. The molecule has 154 valence electrons. The maximum absolute atomic E-state index is 12.9. The molecule has 1 fully saturated rings. The van der Waals surface area contributed by atoms with Gasteiger partial charge in [0.15, 0.2) is 0 Å². The fourth-order valence-corrected chi connectivity index (χ4v) is 4.47. The van der Waals surface area contributed by atoms with Crippen molar-refractivity contribution in [1.82, 2.24) is 10.2 Å². The molecule has 0 bridgehead atoms. The van der Waals surface area contributed by atoms with Crippen molar-refractivity contribution in [3.8, 4) is 5.75 Å². The number of piperidine rings is 1. The summed E-state index contributed by atoms with van der Waals surface area (Å²) in [5, 5.41) is 3.24. The number of hydrogen-bond acceptors (Lipinski definition) is 3. The van der Waals surface area contributed by atoms with Gasteiger partial charge in [-0.25, -0.2) is 0 Å². The fourth-order valence-electron chi connectivity index (χ4n) is 4.47. The molecule has 2 aliphatic rings. The molecule has 2 heterocycles. The third-order valence-electron chi connectivity index (χ3n) is 6.00. The first-order chi connectivity index (χ1) is 13.9. The van der Waals surface area contributed by atoms with Gasteiger partial charge < -0.3 is 10.1 Å². The number of fused-ring (bicyclic) bond motifs is 1. The van der Waals surface area contributed by atoms with Gasteiger partial charge in [-0.2, -0.15) is 0 Å². The third kappa shape index (κ3) is 4.81. The summed E-state index contributed by atoms with van der Waals surface area (Å²) < 4.78 is 6.15. The van der Waals surface area contributed by atoms with Crippen molar-refractivity contribution in [2.45, 2.75) is 64.6 Å². The van der Waals surface area contributed by atoms with E-state index in [4.69, 9.17) is 4.74 Å². The molecule has 0 saturated carbocycles. The number of rotatable bonds is 4. The molecule has 2 aromatic carbocycles. The third-order valence-corrected chi connectivity index (χ3v) is 6.00. The van der Waals surface area contributed by atoms with Crippen LogP contribution in [-0.4, -0.2) is 29.5 Å². The Labute approximate surface area is 174 Å². The topological polar surface area (TPSA) is 41.6 Å². The zero-order chi connectivity index (χ0) is 20.4. The van der Waals surface area contributed by atoms with Gasteiger partial charge in [0.25, 0.3) is 5.91 Å². The molecule has 1 amide bonds. The largest absolute Gasteiger partial charge is 0.487 e. The minimum absolute atomic E-state index is 0.0243. The van der Waals surface area contributed by atoms with E-state index < -0.39 is 0 Å². The van der Waals surface area contributed by atoms with E-state index in [1.165, 1.54) is 37.9 Å². The summed E-state index contributed by atoms with van der Waals surface area (Å²) in [6, 6.07) is 14.3. The van der Waals surface area contributed by atoms with E-state index in [0.717, 1.165) is 29.8 Å². The van der Waals surface area contributed by atoms with Gasteiger partial charge in [-0.05, 0) is 76.0 Å². The van der Waals surface area contributed by atoms with Crippen molar-refractivity contribution < 1.29 is 9.53 Å². The average Bonchev–Trinajstić information content (AvgIpc) is 2.68. The van der Waals surface area contributed by atoms with Crippen LogP contribution in [-0.2, 0) is 6.54 Å². The van der Waals surface area contributed by atoms with Gasteiger partial charge >= 0.3 is 0 Å². The number of likely N-dealkylation sites (tertiary alicyclic amines) is 1. The minimum Gasteiger partial charge on any atom is -0.487 e. The highest BCUT2D eigenvalue weighted by Gasteiger charge is 2.34. The van der Waals surface area contributed by atoms with Crippen LogP contribution < -0.4 is 10.1 Å². The van der Waals surface area contributed by atoms with Crippen molar-refractivity contribution >= 4 is 5.91 Å². The van der Waals surface area contributed by atoms with Gasteiger partial charge in [0.2, 0.25) is 0 Å². The summed E-state index contributed by atoms with van der Waals surface area (Å²) in [5.41, 5.74) is 3.90. The molecule has 4 rings (SSSR count). The van der Waals surface area contributed by atoms with Gasteiger partial charge in [-0.3, -0.25) is 9.69 Å². The zero-order valence-electron chi connectivity index (χ0n) is 17.8. The Hall–Kier alpha value is -2.33. The van der Waals surface area contributed by atoms with E-state index in [1.807, 2.05) is 12.1 Å². The minimum atomic E-state index is -0.308. The van der Waals surface area contributed by atoms with E-state index in [1.54, 1.807) is 0 Å². The molecule has 1 saturated heterocycles. The number of amides is 1. The van der Waals surface area contributed by atoms with Gasteiger partial charge in [-0.15, -0.1) is 0 Å². The smallest absolute Gasteiger partial charge is 0.251 e. The summed E-state index contributed by atoms with van der Waals surface area (Å²) in [7, 11) is 0. The molecule has 0 radical (unpaired) electrons. The molecular formula is C25H32N2O2. The van der Waals surface area contributed by atoms with Crippen LogP contribution in [0.4, 0.5) is 0 Å². The number of nitrogens with zero attached hydrogens (tertiary/aromatic N) is 1. The molecule has 4 heteroatoms.